The molecule has 1 fully saturated rings. The Morgan fingerprint density at radius 1 is 1.35 bits per heavy atom. The third-order valence-electron chi connectivity index (χ3n) is 2.77. The quantitative estimate of drug-likeness (QED) is 0.658. The maximum atomic E-state index is 13.8. The second-order valence-electron chi connectivity index (χ2n) is 4.05. The Labute approximate surface area is 112 Å². The monoisotopic (exact) mass is 287 g/mol. The predicted molar refractivity (Wildman–Crippen MR) is 62.9 cm³/mol. The first-order valence-corrected chi connectivity index (χ1v) is 5.76. The number of benzene rings is 1. The van der Waals surface area contributed by atoms with Crippen molar-refractivity contribution in [1.82, 2.24) is 10.4 Å². The molecule has 0 bridgehead atoms. The van der Waals surface area contributed by atoms with E-state index in [2.05, 4.69) is 5.43 Å². The fourth-order valence-electron chi connectivity index (χ4n) is 1.77. The van der Waals surface area contributed by atoms with Crippen molar-refractivity contribution in [2.75, 3.05) is 26.3 Å². The van der Waals surface area contributed by atoms with Crippen LogP contribution in [0.25, 0.3) is 0 Å². The van der Waals surface area contributed by atoms with E-state index in [1.807, 2.05) is 0 Å². The summed E-state index contributed by atoms with van der Waals surface area (Å²) in [5.41, 5.74) is 0.382. The molecule has 108 valence electrons. The first kappa shape index (κ1) is 14.3. The Bertz CT molecular complexity index is 547. The zero-order valence-electron chi connectivity index (χ0n) is 10.3. The van der Waals surface area contributed by atoms with Gasteiger partial charge in [-0.15, -0.1) is 0 Å². The zero-order chi connectivity index (χ0) is 14.7. The van der Waals surface area contributed by atoms with E-state index in [9.17, 15) is 23.7 Å². The molecule has 1 amide bonds. The summed E-state index contributed by atoms with van der Waals surface area (Å²) in [5, 5.41) is 12.0. The smallest absolute Gasteiger partial charge is 0.305 e. The number of carbonyl (C=O) groups is 1. The molecule has 0 radical (unpaired) electrons. The standard InChI is InChI=1S/C11H11F2N3O4/c12-7-1-2-8(16(18)19)10(13)9(7)11(17)14-15-3-5-20-6-4-15/h1-2H,3-6H2,(H,14,17). The summed E-state index contributed by atoms with van der Waals surface area (Å²) in [4.78, 5) is 21.4. The van der Waals surface area contributed by atoms with Gasteiger partial charge in [-0.05, 0) is 6.07 Å². The summed E-state index contributed by atoms with van der Waals surface area (Å²) in [6, 6.07) is 1.37. The summed E-state index contributed by atoms with van der Waals surface area (Å²) >= 11 is 0. The lowest BCUT2D eigenvalue weighted by Gasteiger charge is -2.26. The Hall–Kier alpha value is -2.13. The summed E-state index contributed by atoms with van der Waals surface area (Å²) in [5.74, 6) is -3.70. The number of hydrogen-bond donors (Lipinski definition) is 1. The van der Waals surface area contributed by atoms with E-state index in [-0.39, 0.29) is 0 Å². The summed E-state index contributed by atoms with van der Waals surface area (Å²) in [6.07, 6.45) is 0. The minimum atomic E-state index is -1.49. The number of nitro groups is 1. The van der Waals surface area contributed by atoms with E-state index in [0.717, 1.165) is 0 Å². The van der Waals surface area contributed by atoms with E-state index in [1.54, 1.807) is 0 Å². The minimum Gasteiger partial charge on any atom is -0.379 e. The van der Waals surface area contributed by atoms with Gasteiger partial charge in [-0.1, -0.05) is 0 Å². The number of hydrogen-bond acceptors (Lipinski definition) is 5. The Morgan fingerprint density at radius 3 is 2.60 bits per heavy atom. The summed E-state index contributed by atoms with van der Waals surface area (Å²) in [7, 11) is 0. The second-order valence-corrected chi connectivity index (χ2v) is 4.05. The molecular formula is C11H11F2N3O4. The molecular weight excluding hydrogens is 276 g/mol. The number of nitrogens with zero attached hydrogens (tertiary/aromatic N) is 2. The first-order chi connectivity index (χ1) is 9.50. The van der Waals surface area contributed by atoms with Crippen molar-refractivity contribution in [1.29, 1.82) is 0 Å². The van der Waals surface area contributed by atoms with Gasteiger partial charge < -0.3 is 4.74 Å². The van der Waals surface area contributed by atoms with Gasteiger partial charge in [0.05, 0.1) is 18.1 Å². The van der Waals surface area contributed by atoms with Crippen molar-refractivity contribution in [2.45, 2.75) is 0 Å². The first-order valence-electron chi connectivity index (χ1n) is 5.76. The number of amides is 1. The highest BCUT2D eigenvalue weighted by Gasteiger charge is 2.27. The molecule has 0 saturated carbocycles. The molecule has 0 atom stereocenters. The molecule has 7 nitrogen and oxygen atoms in total. The van der Waals surface area contributed by atoms with Crippen molar-refractivity contribution in [3.63, 3.8) is 0 Å². The molecule has 1 heterocycles. The normalized spacial score (nSPS) is 15.9. The van der Waals surface area contributed by atoms with E-state index in [0.29, 0.717) is 38.4 Å². The highest BCUT2D eigenvalue weighted by molar-refractivity contribution is 5.95. The van der Waals surface area contributed by atoms with Crippen LogP contribution in [-0.4, -0.2) is 42.1 Å². The molecule has 1 saturated heterocycles. The van der Waals surface area contributed by atoms with Crippen molar-refractivity contribution < 1.29 is 23.2 Å². The highest BCUT2D eigenvalue weighted by atomic mass is 19.1. The van der Waals surface area contributed by atoms with Crippen LogP contribution in [0.1, 0.15) is 10.4 Å². The molecule has 0 spiro atoms. The van der Waals surface area contributed by atoms with E-state index < -0.39 is 33.7 Å². The molecule has 1 aliphatic rings. The number of rotatable bonds is 3. The van der Waals surface area contributed by atoms with Crippen molar-refractivity contribution in [3.05, 3.63) is 39.4 Å². The molecule has 0 aromatic heterocycles. The number of carbonyl (C=O) groups excluding carboxylic acids is 1. The lowest BCUT2D eigenvalue weighted by Crippen LogP contribution is -2.48. The van der Waals surface area contributed by atoms with Crippen LogP contribution in [0.3, 0.4) is 0 Å². The predicted octanol–water partition coefficient (Wildman–Crippen LogP) is 0.850. The Balaban J connectivity index is 2.24. The van der Waals surface area contributed by atoms with Crippen molar-refractivity contribution in [3.8, 4) is 0 Å². The molecule has 1 N–H and O–H groups in total. The molecule has 2 rings (SSSR count). The van der Waals surface area contributed by atoms with E-state index in [4.69, 9.17) is 4.74 Å². The summed E-state index contributed by atoms with van der Waals surface area (Å²) in [6.45, 7) is 1.48. The van der Waals surface area contributed by atoms with Crippen LogP contribution in [0.15, 0.2) is 12.1 Å². The summed E-state index contributed by atoms with van der Waals surface area (Å²) < 4.78 is 32.4. The lowest BCUT2D eigenvalue weighted by molar-refractivity contribution is -0.387. The third-order valence-corrected chi connectivity index (χ3v) is 2.77. The largest absolute Gasteiger partial charge is 0.379 e. The van der Waals surface area contributed by atoms with Gasteiger partial charge >= 0.3 is 5.69 Å². The van der Waals surface area contributed by atoms with Crippen LogP contribution in [0.4, 0.5) is 14.5 Å². The van der Waals surface area contributed by atoms with Crippen LogP contribution in [0.2, 0.25) is 0 Å². The second kappa shape index (κ2) is 5.88. The van der Waals surface area contributed by atoms with Gasteiger partial charge in [0.25, 0.3) is 5.91 Å². The SMILES string of the molecule is O=C(NN1CCOCC1)c1c(F)ccc([N+](=O)[O-])c1F. The molecule has 0 aliphatic carbocycles. The number of morpholine rings is 1. The van der Waals surface area contributed by atoms with E-state index >= 15 is 0 Å². The van der Waals surface area contributed by atoms with Gasteiger partial charge in [0.15, 0.2) is 0 Å². The van der Waals surface area contributed by atoms with Crippen LogP contribution >= 0.6 is 0 Å². The van der Waals surface area contributed by atoms with E-state index in [1.165, 1.54) is 5.01 Å². The molecule has 9 heteroatoms. The molecule has 1 aromatic carbocycles. The number of nitro benzene ring substituents is 1. The maximum Gasteiger partial charge on any atom is 0.305 e. The van der Waals surface area contributed by atoms with Gasteiger partial charge in [0, 0.05) is 19.2 Å². The average molecular weight is 287 g/mol. The number of halogens is 2. The van der Waals surface area contributed by atoms with Crippen molar-refractivity contribution in [2.24, 2.45) is 0 Å². The van der Waals surface area contributed by atoms with Gasteiger partial charge in [0.1, 0.15) is 11.4 Å². The van der Waals surface area contributed by atoms with Crippen LogP contribution in [-0.2, 0) is 4.74 Å². The maximum absolute atomic E-state index is 13.8. The Morgan fingerprint density at radius 2 is 2.00 bits per heavy atom. The van der Waals surface area contributed by atoms with Crippen LogP contribution in [0, 0.1) is 21.7 Å². The molecule has 20 heavy (non-hydrogen) atoms. The van der Waals surface area contributed by atoms with Crippen molar-refractivity contribution >= 4 is 11.6 Å². The average Bonchev–Trinajstić information content (AvgIpc) is 2.39. The Kier molecular flexibility index (Phi) is 4.20. The highest BCUT2D eigenvalue weighted by Crippen LogP contribution is 2.23. The van der Waals surface area contributed by atoms with Crippen LogP contribution < -0.4 is 5.43 Å². The number of nitrogens with one attached hydrogen (secondary N) is 1. The fourth-order valence-corrected chi connectivity index (χ4v) is 1.77. The van der Waals surface area contributed by atoms with Gasteiger partial charge in [0.2, 0.25) is 5.82 Å². The number of hydrazine groups is 1. The van der Waals surface area contributed by atoms with Gasteiger partial charge in [-0.3, -0.25) is 20.3 Å². The lowest BCUT2D eigenvalue weighted by atomic mass is 10.1. The molecule has 1 aromatic rings. The minimum absolute atomic E-state index is 0.365. The fraction of sp³-hybridized carbons (Fsp3) is 0.364. The van der Waals surface area contributed by atoms with Gasteiger partial charge in [-0.2, -0.15) is 4.39 Å². The topological polar surface area (TPSA) is 84.7 Å². The zero-order valence-corrected chi connectivity index (χ0v) is 10.3. The van der Waals surface area contributed by atoms with Crippen LogP contribution in [0.5, 0.6) is 0 Å². The number of ether oxygens (including phenoxy) is 1. The molecule has 1 aliphatic heterocycles. The third kappa shape index (κ3) is 2.89. The van der Waals surface area contributed by atoms with Gasteiger partial charge in [-0.25, -0.2) is 9.40 Å². The molecule has 0 unspecified atom stereocenters.